The zero-order valence-corrected chi connectivity index (χ0v) is 11.8. The van der Waals surface area contributed by atoms with E-state index < -0.39 is 0 Å². The molecule has 0 spiro atoms. The molecule has 2 aromatic heterocycles. The first-order chi connectivity index (χ1) is 8.97. The van der Waals surface area contributed by atoms with Crippen LogP contribution in [0.5, 0.6) is 0 Å². The summed E-state index contributed by atoms with van der Waals surface area (Å²) >= 11 is 1.57. The van der Waals surface area contributed by atoms with E-state index in [0.29, 0.717) is 5.69 Å². The molecule has 2 rings (SSSR count). The summed E-state index contributed by atoms with van der Waals surface area (Å²) in [5.41, 5.74) is 2.47. The van der Waals surface area contributed by atoms with E-state index in [9.17, 15) is 4.79 Å². The van der Waals surface area contributed by atoms with Gasteiger partial charge in [0.1, 0.15) is 5.69 Å². The van der Waals surface area contributed by atoms with Gasteiger partial charge in [-0.25, -0.2) is 5.43 Å². The SMILES string of the molecule is CC(C)(C)c1nnc(N/N=C\c2cccs2)[nH]c1=O. The fourth-order valence-electron chi connectivity index (χ4n) is 1.40. The largest absolute Gasteiger partial charge is 0.288 e. The highest BCUT2D eigenvalue weighted by atomic mass is 32.1. The van der Waals surface area contributed by atoms with Crippen LogP contribution >= 0.6 is 11.3 Å². The summed E-state index contributed by atoms with van der Waals surface area (Å²) in [5, 5.41) is 13.8. The lowest BCUT2D eigenvalue weighted by Gasteiger charge is -2.15. The molecular weight excluding hydrogens is 262 g/mol. The van der Waals surface area contributed by atoms with Crippen molar-refractivity contribution in [2.75, 3.05) is 5.43 Å². The van der Waals surface area contributed by atoms with E-state index in [1.807, 2.05) is 38.3 Å². The Morgan fingerprint density at radius 1 is 1.42 bits per heavy atom. The highest BCUT2D eigenvalue weighted by Crippen LogP contribution is 2.15. The van der Waals surface area contributed by atoms with Crippen LogP contribution in [0.4, 0.5) is 5.95 Å². The van der Waals surface area contributed by atoms with E-state index in [2.05, 4.69) is 25.7 Å². The van der Waals surface area contributed by atoms with Gasteiger partial charge in [-0.2, -0.15) is 5.10 Å². The lowest BCUT2D eigenvalue weighted by Crippen LogP contribution is -2.28. The van der Waals surface area contributed by atoms with Gasteiger partial charge in [0.2, 0.25) is 5.95 Å². The Morgan fingerprint density at radius 2 is 2.21 bits per heavy atom. The van der Waals surface area contributed by atoms with Crippen LogP contribution in [0.3, 0.4) is 0 Å². The molecule has 0 saturated heterocycles. The van der Waals surface area contributed by atoms with Crippen LogP contribution in [0.25, 0.3) is 0 Å². The topological polar surface area (TPSA) is 83.0 Å². The van der Waals surface area contributed by atoms with Gasteiger partial charge in [0.25, 0.3) is 5.56 Å². The molecule has 7 heteroatoms. The van der Waals surface area contributed by atoms with E-state index >= 15 is 0 Å². The summed E-state index contributed by atoms with van der Waals surface area (Å²) in [6.07, 6.45) is 1.66. The van der Waals surface area contributed by atoms with Gasteiger partial charge in [-0.1, -0.05) is 26.8 Å². The molecule has 0 aliphatic heterocycles. The molecule has 0 aliphatic carbocycles. The lowest BCUT2D eigenvalue weighted by molar-refractivity contribution is 0.547. The number of nitrogens with one attached hydrogen (secondary N) is 2. The van der Waals surface area contributed by atoms with Gasteiger partial charge < -0.3 is 0 Å². The molecule has 2 aromatic rings. The van der Waals surface area contributed by atoms with Crippen molar-refractivity contribution in [3.05, 3.63) is 38.4 Å². The summed E-state index contributed by atoms with van der Waals surface area (Å²) in [5.74, 6) is 0.228. The molecule has 0 amide bonds. The highest BCUT2D eigenvalue weighted by molar-refractivity contribution is 7.11. The molecule has 0 aliphatic rings. The molecule has 2 N–H and O–H groups in total. The first kappa shape index (κ1) is 13.4. The average Bonchev–Trinajstić information content (AvgIpc) is 2.80. The quantitative estimate of drug-likeness (QED) is 0.663. The van der Waals surface area contributed by atoms with Gasteiger partial charge in [0.05, 0.1) is 6.21 Å². The maximum atomic E-state index is 11.8. The van der Waals surface area contributed by atoms with Gasteiger partial charge in [0.15, 0.2) is 0 Å². The van der Waals surface area contributed by atoms with Gasteiger partial charge >= 0.3 is 0 Å². The number of hydrogen-bond donors (Lipinski definition) is 2. The molecule has 0 bridgehead atoms. The Labute approximate surface area is 114 Å². The van der Waals surface area contributed by atoms with Crippen molar-refractivity contribution in [2.24, 2.45) is 5.10 Å². The molecule has 0 radical (unpaired) electrons. The van der Waals surface area contributed by atoms with Crippen LogP contribution < -0.4 is 11.0 Å². The maximum absolute atomic E-state index is 11.8. The van der Waals surface area contributed by atoms with Crippen molar-refractivity contribution < 1.29 is 0 Å². The van der Waals surface area contributed by atoms with Crippen molar-refractivity contribution in [2.45, 2.75) is 26.2 Å². The van der Waals surface area contributed by atoms with Crippen molar-refractivity contribution >= 4 is 23.5 Å². The van der Waals surface area contributed by atoms with Crippen LogP contribution in [-0.2, 0) is 5.41 Å². The Bertz CT molecular complexity index is 624. The Balaban J connectivity index is 2.11. The summed E-state index contributed by atoms with van der Waals surface area (Å²) in [4.78, 5) is 15.5. The summed E-state index contributed by atoms with van der Waals surface area (Å²) < 4.78 is 0. The zero-order chi connectivity index (χ0) is 13.9. The molecule has 0 saturated carbocycles. The Hall–Kier alpha value is -2.02. The molecule has 0 unspecified atom stereocenters. The minimum absolute atomic E-state index is 0.228. The fourth-order valence-corrected chi connectivity index (χ4v) is 1.98. The number of aromatic amines is 1. The summed E-state index contributed by atoms with van der Waals surface area (Å²) in [6.45, 7) is 5.73. The third-order valence-corrected chi connectivity index (χ3v) is 3.12. The first-order valence-corrected chi connectivity index (χ1v) is 6.65. The standard InChI is InChI=1S/C12H15N5OS/c1-12(2,3)9-10(18)14-11(17-15-9)16-13-7-8-5-4-6-19-8/h4-7H,1-3H3,(H2,14,16,17,18)/b13-7-. The van der Waals surface area contributed by atoms with Crippen molar-refractivity contribution in [1.29, 1.82) is 0 Å². The Morgan fingerprint density at radius 3 is 2.79 bits per heavy atom. The fraction of sp³-hybridized carbons (Fsp3) is 0.333. The minimum atomic E-state index is -0.334. The Kier molecular flexibility index (Phi) is 3.75. The smallest absolute Gasteiger partial charge is 0.274 e. The van der Waals surface area contributed by atoms with Crippen LogP contribution in [0.2, 0.25) is 0 Å². The van der Waals surface area contributed by atoms with Crippen molar-refractivity contribution in [3.8, 4) is 0 Å². The molecule has 0 fully saturated rings. The lowest BCUT2D eigenvalue weighted by atomic mass is 9.93. The second-order valence-electron chi connectivity index (χ2n) is 4.99. The average molecular weight is 277 g/mol. The monoisotopic (exact) mass is 277 g/mol. The predicted molar refractivity (Wildman–Crippen MR) is 76.9 cm³/mol. The molecule has 2 heterocycles. The van der Waals surface area contributed by atoms with Crippen LogP contribution in [-0.4, -0.2) is 21.4 Å². The van der Waals surface area contributed by atoms with Crippen LogP contribution in [0, 0.1) is 0 Å². The number of rotatable bonds is 3. The second kappa shape index (κ2) is 5.31. The number of nitrogens with zero attached hydrogens (tertiary/aromatic N) is 3. The van der Waals surface area contributed by atoms with Gasteiger partial charge in [0, 0.05) is 10.3 Å². The number of aromatic nitrogens is 3. The maximum Gasteiger partial charge on any atom is 0.274 e. The predicted octanol–water partition coefficient (Wildman–Crippen LogP) is 1.97. The number of H-pyrrole nitrogens is 1. The molecule has 19 heavy (non-hydrogen) atoms. The third kappa shape index (κ3) is 3.47. The number of thiophene rings is 1. The van der Waals surface area contributed by atoms with E-state index in [0.717, 1.165) is 4.88 Å². The number of hydrogen-bond acceptors (Lipinski definition) is 6. The first-order valence-electron chi connectivity index (χ1n) is 5.77. The van der Waals surface area contributed by atoms with E-state index in [1.165, 1.54) is 0 Å². The highest BCUT2D eigenvalue weighted by Gasteiger charge is 2.20. The molecule has 6 nitrogen and oxygen atoms in total. The van der Waals surface area contributed by atoms with E-state index in [4.69, 9.17) is 0 Å². The molecule has 0 atom stereocenters. The van der Waals surface area contributed by atoms with Gasteiger partial charge in [-0.15, -0.1) is 21.5 Å². The van der Waals surface area contributed by atoms with Crippen LogP contribution in [0.15, 0.2) is 27.4 Å². The second-order valence-corrected chi connectivity index (χ2v) is 5.97. The number of hydrazone groups is 1. The van der Waals surface area contributed by atoms with E-state index in [1.54, 1.807) is 17.6 Å². The van der Waals surface area contributed by atoms with Gasteiger partial charge in [-0.05, 0) is 11.4 Å². The summed E-state index contributed by atoms with van der Waals surface area (Å²) in [6, 6.07) is 3.87. The van der Waals surface area contributed by atoms with Crippen molar-refractivity contribution in [1.82, 2.24) is 15.2 Å². The third-order valence-electron chi connectivity index (χ3n) is 2.31. The van der Waals surface area contributed by atoms with Crippen LogP contribution in [0.1, 0.15) is 31.3 Å². The van der Waals surface area contributed by atoms with Crippen molar-refractivity contribution in [3.63, 3.8) is 0 Å². The zero-order valence-electron chi connectivity index (χ0n) is 11.0. The minimum Gasteiger partial charge on any atom is -0.288 e. The molecule has 100 valence electrons. The van der Waals surface area contributed by atoms with E-state index in [-0.39, 0.29) is 16.9 Å². The summed E-state index contributed by atoms with van der Waals surface area (Å²) in [7, 11) is 0. The normalized spacial score (nSPS) is 11.9. The molecule has 0 aromatic carbocycles. The molecular formula is C12H15N5OS. The van der Waals surface area contributed by atoms with Gasteiger partial charge in [-0.3, -0.25) is 9.78 Å². The number of anilines is 1.